The second-order valence-corrected chi connectivity index (χ2v) is 7.95. The fourth-order valence-corrected chi connectivity index (χ4v) is 3.50. The number of benzene rings is 2. The van der Waals surface area contributed by atoms with Crippen LogP contribution < -0.4 is 20.3 Å². The third-order valence-electron chi connectivity index (χ3n) is 4.92. The normalized spacial score (nSPS) is 13.8. The van der Waals surface area contributed by atoms with E-state index in [0.29, 0.717) is 17.3 Å². The zero-order valence-electron chi connectivity index (χ0n) is 17.6. The number of ether oxygens (including phenoxy) is 1. The Balaban J connectivity index is 1.53. The summed E-state index contributed by atoms with van der Waals surface area (Å²) in [4.78, 5) is 14.5. The molecule has 7 nitrogen and oxygen atoms in total. The SMILES string of the molecule is FC(F)(F)COc1nc(NCc2ccc(Cl)cc2)nc(Nc2cccc(N3CCCC3)c2)n1. The van der Waals surface area contributed by atoms with Crippen molar-refractivity contribution in [2.75, 3.05) is 35.2 Å². The minimum absolute atomic E-state index is 0.0688. The standard InChI is InChI=1S/C22H22ClF3N6O/c23-16-8-6-15(7-9-16)13-27-19-29-20(31-21(30-19)33-14-22(24,25)26)28-17-4-3-5-18(12-17)32-10-1-2-11-32/h3-9,12H,1-2,10-11,13-14H2,(H2,27,28,29,30,31). The zero-order chi connectivity index (χ0) is 23.3. The first-order valence-electron chi connectivity index (χ1n) is 10.4. The molecule has 2 N–H and O–H groups in total. The minimum atomic E-state index is -4.51. The summed E-state index contributed by atoms with van der Waals surface area (Å²) in [5.41, 5.74) is 2.66. The van der Waals surface area contributed by atoms with E-state index in [0.717, 1.165) is 37.2 Å². The van der Waals surface area contributed by atoms with Crippen molar-refractivity contribution in [2.45, 2.75) is 25.6 Å². The molecule has 0 bridgehead atoms. The summed E-state index contributed by atoms with van der Waals surface area (Å²) >= 11 is 5.90. The van der Waals surface area contributed by atoms with Gasteiger partial charge in [-0.15, -0.1) is 0 Å². The first-order chi connectivity index (χ1) is 15.8. The van der Waals surface area contributed by atoms with E-state index in [1.165, 1.54) is 0 Å². The van der Waals surface area contributed by atoms with Crippen LogP contribution in [0.3, 0.4) is 0 Å². The van der Waals surface area contributed by atoms with E-state index in [2.05, 4.69) is 30.5 Å². The topological polar surface area (TPSA) is 75.2 Å². The van der Waals surface area contributed by atoms with Crippen LogP contribution in [0.2, 0.25) is 5.02 Å². The average Bonchev–Trinajstić information content (AvgIpc) is 3.32. The molecule has 2 heterocycles. The van der Waals surface area contributed by atoms with Gasteiger partial charge in [0, 0.05) is 36.0 Å². The van der Waals surface area contributed by atoms with Crippen LogP contribution in [0.4, 0.5) is 36.4 Å². The number of rotatable bonds is 8. The molecule has 1 fully saturated rings. The van der Waals surface area contributed by atoms with Gasteiger partial charge in [-0.05, 0) is 48.7 Å². The number of alkyl halides is 3. The van der Waals surface area contributed by atoms with Gasteiger partial charge in [-0.2, -0.15) is 28.1 Å². The van der Waals surface area contributed by atoms with Gasteiger partial charge >= 0.3 is 12.2 Å². The molecule has 1 saturated heterocycles. The van der Waals surface area contributed by atoms with Crippen molar-refractivity contribution in [2.24, 2.45) is 0 Å². The van der Waals surface area contributed by atoms with Crippen molar-refractivity contribution in [3.8, 4) is 6.01 Å². The molecule has 0 aliphatic carbocycles. The predicted molar refractivity (Wildman–Crippen MR) is 121 cm³/mol. The van der Waals surface area contributed by atoms with E-state index in [9.17, 15) is 13.2 Å². The molecule has 4 rings (SSSR count). The Hall–Kier alpha value is -3.27. The number of halogens is 4. The molecule has 3 aromatic rings. The quantitative estimate of drug-likeness (QED) is 0.447. The zero-order valence-corrected chi connectivity index (χ0v) is 18.3. The van der Waals surface area contributed by atoms with Gasteiger partial charge in [0.15, 0.2) is 6.61 Å². The van der Waals surface area contributed by atoms with Crippen molar-refractivity contribution in [3.05, 3.63) is 59.1 Å². The molecular weight excluding hydrogens is 457 g/mol. The maximum atomic E-state index is 12.6. The average molecular weight is 479 g/mol. The van der Waals surface area contributed by atoms with Gasteiger partial charge in [-0.1, -0.05) is 29.8 Å². The van der Waals surface area contributed by atoms with Crippen LogP contribution in [0.15, 0.2) is 48.5 Å². The molecule has 0 spiro atoms. The molecule has 1 aromatic heterocycles. The lowest BCUT2D eigenvalue weighted by Crippen LogP contribution is -2.21. The molecule has 174 valence electrons. The third kappa shape index (κ3) is 6.85. The highest BCUT2D eigenvalue weighted by Gasteiger charge is 2.29. The highest BCUT2D eigenvalue weighted by molar-refractivity contribution is 6.30. The van der Waals surface area contributed by atoms with Gasteiger partial charge in [-0.3, -0.25) is 0 Å². The van der Waals surface area contributed by atoms with Crippen LogP contribution in [0.25, 0.3) is 0 Å². The van der Waals surface area contributed by atoms with E-state index in [1.54, 1.807) is 12.1 Å². The second kappa shape index (κ2) is 10.1. The van der Waals surface area contributed by atoms with E-state index in [-0.39, 0.29) is 11.9 Å². The van der Waals surface area contributed by atoms with Gasteiger partial charge in [0.05, 0.1) is 0 Å². The van der Waals surface area contributed by atoms with Crippen molar-refractivity contribution >= 4 is 34.9 Å². The largest absolute Gasteiger partial charge is 0.454 e. The molecule has 1 aliphatic heterocycles. The summed E-state index contributed by atoms with van der Waals surface area (Å²) in [6, 6.07) is 14.4. The summed E-state index contributed by atoms with van der Waals surface area (Å²) < 4.78 is 42.7. The van der Waals surface area contributed by atoms with Crippen LogP contribution in [0.1, 0.15) is 18.4 Å². The number of nitrogens with one attached hydrogen (secondary N) is 2. The number of hydrogen-bond acceptors (Lipinski definition) is 7. The van der Waals surface area contributed by atoms with Gasteiger partial charge in [0.1, 0.15) is 0 Å². The number of hydrogen-bond donors (Lipinski definition) is 2. The first kappa shape index (κ1) is 22.9. The third-order valence-corrected chi connectivity index (χ3v) is 5.17. The van der Waals surface area contributed by atoms with E-state index >= 15 is 0 Å². The Labute approximate surface area is 194 Å². The lowest BCUT2D eigenvalue weighted by atomic mass is 10.2. The highest BCUT2D eigenvalue weighted by atomic mass is 35.5. The smallest absolute Gasteiger partial charge is 0.422 e. The van der Waals surface area contributed by atoms with Crippen LogP contribution >= 0.6 is 11.6 Å². The lowest BCUT2D eigenvalue weighted by molar-refractivity contribution is -0.154. The monoisotopic (exact) mass is 478 g/mol. The Morgan fingerprint density at radius 2 is 1.70 bits per heavy atom. The molecule has 11 heteroatoms. The van der Waals surface area contributed by atoms with Gasteiger partial charge < -0.3 is 20.3 Å². The van der Waals surface area contributed by atoms with Crippen molar-refractivity contribution in [3.63, 3.8) is 0 Å². The molecule has 0 amide bonds. The summed E-state index contributed by atoms with van der Waals surface area (Å²) in [6.45, 7) is 0.814. The van der Waals surface area contributed by atoms with Crippen LogP contribution in [-0.4, -0.2) is 40.8 Å². The molecule has 0 atom stereocenters. The van der Waals surface area contributed by atoms with E-state index in [1.807, 2.05) is 36.4 Å². The molecule has 1 aliphatic rings. The van der Waals surface area contributed by atoms with E-state index in [4.69, 9.17) is 16.3 Å². The van der Waals surface area contributed by atoms with Gasteiger partial charge in [0.25, 0.3) is 0 Å². The maximum absolute atomic E-state index is 12.6. The summed E-state index contributed by atoms with van der Waals surface area (Å²) in [5.74, 6) is 0.148. The molecule has 0 saturated carbocycles. The minimum Gasteiger partial charge on any atom is -0.454 e. The van der Waals surface area contributed by atoms with Gasteiger partial charge in [-0.25, -0.2) is 0 Å². The summed E-state index contributed by atoms with van der Waals surface area (Å²) in [7, 11) is 0. The predicted octanol–water partition coefficient (Wildman–Crippen LogP) is 5.42. The van der Waals surface area contributed by atoms with Crippen LogP contribution in [0, 0.1) is 0 Å². The Kier molecular flexibility index (Phi) is 7.02. The molecule has 0 radical (unpaired) electrons. The van der Waals surface area contributed by atoms with Crippen LogP contribution in [0.5, 0.6) is 6.01 Å². The van der Waals surface area contributed by atoms with Gasteiger partial charge in [0.2, 0.25) is 11.9 Å². The highest BCUT2D eigenvalue weighted by Crippen LogP contribution is 2.25. The van der Waals surface area contributed by atoms with Crippen molar-refractivity contribution < 1.29 is 17.9 Å². The molecular formula is C22H22ClF3N6O. The van der Waals surface area contributed by atoms with Crippen LogP contribution in [-0.2, 0) is 6.54 Å². The second-order valence-electron chi connectivity index (χ2n) is 7.52. The maximum Gasteiger partial charge on any atom is 0.422 e. The Morgan fingerprint density at radius 1 is 0.970 bits per heavy atom. The summed E-state index contributed by atoms with van der Waals surface area (Å²) in [5, 5.41) is 6.63. The Bertz CT molecular complexity index is 1070. The fraction of sp³-hybridized carbons (Fsp3) is 0.318. The molecule has 0 unspecified atom stereocenters. The first-order valence-corrected chi connectivity index (χ1v) is 10.8. The fourth-order valence-electron chi connectivity index (χ4n) is 3.37. The molecule has 2 aromatic carbocycles. The van der Waals surface area contributed by atoms with Crippen molar-refractivity contribution in [1.29, 1.82) is 0 Å². The molecule has 33 heavy (non-hydrogen) atoms. The lowest BCUT2D eigenvalue weighted by Gasteiger charge is -2.18. The summed E-state index contributed by atoms with van der Waals surface area (Å²) in [6.07, 6.45) is -2.22. The van der Waals surface area contributed by atoms with E-state index < -0.39 is 18.8 Å². The Morgan fingerprint density at radius 3 is 2.42 bits per heavy atom. The number of nitrogens with zero attached hydrogens (tertiary/aromatic N) is 4. The number of anilines is 4. The van der Waals surface area contributed by atoms with Crippen molar-refractivity contribution in [1.82, 2.24) is 15.0 Å². The number of aromatic nitrogens is 3.